The molecule has 2 aromatic rings. The number of nitriles is 1. The maximum Gasteiger partial charge on any atom is 0.232 e. The van der Waals surface area contributed by atoms with Crippen LogP contribution in [-0.4, -0.2) is 30.5 Å². The Bertz CT molecular complexity index is 608. The van der Waals surface area contributed by atoms with Crippen LogP contribution < -0.4 is 5.32 Å². The van der Waals surface area contributed by atoms with Crippen LogP contribution >= 0.6 is 0 Å². The van der Waals surface area contributed by atoms with Gasteiger partial charge in [0.2, 0.25) is 17.5 Å². The van der Waals surface area contributed by atoms with Crippen molar-refractivity contribution in [2.45, 2.75) is 25.8 Å². The summed E-state index contributed by atoms with van der Waals surface area (Å²) in [6.45, 7) is 4.51. The summed E-state index contributed by atoms with van der Waals surface area (Å²) >= 11 is 0. The van der Waals surface area contributed by atoms with E-state index < -0.39 is 0 Å². The van der Waals surface area contributed by atoms with E-state index in [-0.39, 0.29) is 17.7 Å². The molecule has 0 aliphatic carbocycles. The average Bonchev–Trinajstić information content (AvgIpc) is 3.07. The number of rotatable bonds is 6. The number of oxazole rings is 1. The minimum atomic E-state index is 0.0409. The molecule has 2 heterocycles. The van der Waals surface area contributed by atoms with E-state index in [4.69, 9.17) is 14.1 Å². The molecule has 1 unspecified atom stereocenters. The van der Waals surface area contributed by atoms with E-state index in [2.05, 4.69) is 16.4 Å². The third-order valence-electron chi connectivity index (χ3n) is 3.19. The van der Waals surface area contributed by atoms with Gasteiger partial charge < -0.3 is 14.2 Å². The highest BCUT2D eigenvalue weighted by Gasteiger charge is 2.20. The van der Waals surface area contributed by atoms with Gasteiger partial charge in [-0.05, 0) is 26.2 Å². The van der Waals surface area contributed by atoms with Crippen LogP contribution in [0.1, 0.15) is 43.2 Å². The third kappa shape index (κ3) is 3.44. The topological polar surface area (TPSA) is 78.2 Å². The van der Waals surface area contributed by atoms with Crippen LogP contribution in [0.4, 0.5) is 5.88 Å². The molecule has 1 atom stereocenters. The first-order chi connectivity index (χ1) is 10.0. The standard InChI is InChI=1S/C15H20N4O2/c1-10(2)14-18-11(8-16)15(21-14)17-9-12(19(3)4)13-6-5-7-20-13/h5-7,10,12,17H,9H2,1-4H3. The van der Waals surface area contributed by atoms with Gasteiger partial charge in [-0.1, -0.05) is 13.8 Å². The zero-order valence-corrected chi connectivity index (χ0v) is 12.8. The summed E-state index contributed by atoms with van der Waals surface area (Å²) in [6.07, 6.45) is 1.65. The van der Waals surface area contributed by atoms with Gasteiger partial charge in [0.1, 0.15) is 11.8 Å². The van der Waals surface area contributed by atoms with E-state index in [0.717, 1.165) is 5.76 Å². The van der Waals surface area contributed by atoms with Gasteiger partial charge in [-0.25, -0.2) is 4.98 Å². The molecule has 2 aromatic heterocycles. The number of nitrogens with one attached hydrogen (secondary N) is 1. The maximum atomic E-state index is 9.13. The number of furan rings is 1. The second-order valence-electron chi connectivity index (χ2n) is 5.37. The lowest BCUT2D eigenvalue weighted by atomic mass is 10.2. The Morgan fingerprint density at radius 3 is 2.71 bits per heavy atom. The molecule has 6 nitrogen and oxygen atoms in total. The molecule has 0 saturated carbocycles. The molecular formula is C15H20N4O2. The lowest BCUT2D eigenvalue weighted by molar-refractivity contribution is 0.268. The molecule has 0 spiro atoms. The molecular weight excluding hydrogens is 268 g/mol. The minimum Gasteiger partial charge on any atom is -0.468 e. The average molecular weight is 288 g/mol. The molecule has 112 valence electrons. The second-order valence-corrected chi connectivity index (χ2v) is 5.37. The van der Waals surface area contributed by atoms with Crippen LogP contribution in [-0.2, 0) is 0 Å². The molecule has 0 aliphatic rings. The summed E-state index contributed by atoms with van der Waals surface area (Å²) < 4.78 is 11.1. The maximum absolute atomic E-state index is 9.13. The Hall–Kier alpha value is -2.26. The lowest BCUT2D eigenvalue weighted by Crippen LogP contribution is -2.26. The highest BCUT2D eigenvalue weighted by atomic mass is 16.4. The highest BCUT2D eigenvalue weighted by molar-refractivity contribution is 5.45. The summed E-state index contributed by atoms with van der Waals surface area (Å²) in [6, 6.07) is 5.88. The van der Waals surface area contributed by atoms with Crippen molar-refractivity contribution in [2.75, 3.05) is 26.0 Å². The second kappa shape index (κ2) is 6.46. The van der Waals surface area contributed by atoms with Crippen molar-refractivity contribution in [3.63, 3.8) is 0 Å². The van der Waals surface area contributed by atoms with Gasteiger partial charge in [0.05, 0.1) is 12.3 Å². The Kier molecular flexibility index (Phi) is 4.66. The van der Waals surface area contributed by atoms with E-state index in [9.17, 15) is 0 Å². The van der Waals surface area contributed by atoms with Gasteiger partial charge >= 0.3 is 0 Å². The van der Waals surface area contributed by atoms with E-state index in [1.54, 1.807) is 6.26 Å². The summed E-state index contributed by atoms with van der Waals surface area (Å²) in [5, 5.41) is 12.3. The molecule has 6 heteroatoms. The number of hydrogen-bond acceptors (Lipinski definition) is 6. The smallest absolute Gasteiger partial charge is 0.232 e. The molecule has 1 N–H and O–H groups in total. The fourth-order valence-electron chi connectivity index (χ4n) is 1.99. The Balaban J connectivity index is 2.13. The summed E-state index contributed by atoms with van der Waals surface area (Å²) in [5.41, 5.74) is 0.288. The van der Waals surface area contributed by atoms with Crippen molar-refractivity contribution in [2.24, 2.45) is 0 Å². The molecule has 0 saturated heterocycles. The molecule has 0 fully saturated rings. The van der Waals surface area contributed by atoms with Crippen molar-refractivity contribution < 1.29 is 8.83 Å². The molecule has 0 aliphatic heterocycles. The van der Waals surface area contributed by atoms with Gasteiger partial charge in [-0.2, -0.15) is 5.26 Å². The fraction of sp³-hybridized carbons (Fsp3) is 0.467. The summed E-state index contributed by atoms with van der Waals surface area (Å²) in [5.74, 6) is 1.98. The third-order valence-corrected chi connectivity index (χ3v) is 3.19. The SMILES string of the molecule is CC(C)c1nc(C#N)c(NCC(c2ccco2)N(C)C)o1. The van der Waals surface area contributed by atoms with Crippen LogP contribution in [0.2, 0.25) is 0 Å². The minimum absolute atomic E-state index is 0.0409. The number of aromatic nitrogens is 1. The first-order valence-corrected chi connectivity index (χ1v) is 6.87. The van der Waals surface area contributed by atoms with Crippen LogP contribution in [0, 0.1) is 11.3 Å². The Morgan fingerprint density at radius 2 is 2.19 bits per heavy atom. The molecule has 0 bridgehead atoms. The molecule has 0 aromatic carbocycles. The molecule has 21 heavy (non-hydrogen) atoms. The van der Waals surface area contributed by atoms with E-state index >= 15 is 0 Å². The van der Waals surface area contributed by atoms with Gasteiger partial charge in [0.15, 0.2) is 0 Å². The predicted octanol–water partition coefficient (Wildman–Crippen LogP) is 2.98. The van der Waals surface area contributed by atoms with Crippen LogP contribution in [0.15, 0.2) is 27.2 Å². The fourth-order valence-corrected chi connectivity index (χ4v) is 1.99. The normalized spacial score (nSPS) is 12.6. The molecule has 0 amide bonds. The van der Waals surface area contributed by atoms with Gasteiger partial charge in [-0.3, -0.25) is 4.90 Å². The van der Waals surface area contributed by atoms with Crippen molar-refractivity contribution >= 4 is 5.88 Å². The Labute approximate surface area is 124 Å². The van der Waals surface area contributed by atoms with Crippen molar-refractivity contribution in [1.29, 1.82) is 5.26 Å². The van der Waals surface area contributed by atoms with Gasteiger partial charge in [0, 0.05) is 12.5 Å². The highest BCUT2D eigenvalue weighted by Crippen LogP contribution is 2.24. The molecule has 2 rings (SSSR count). The lowest BCUT2D eigenvalue weighted by Gasteiger charge is -2.22. The number of anilines is 1. The van der Waals surface area contributed by atoms with Gasteiger partial charge in [0.25, 0.3) is 0 Å². The van der Waals surface area contributed by atoms with Crippen LogP contribution in [0.25, 0.3) is 0 Å². The largest absolute Gasteiger partial charge is 0.468 e. The monoisotopic (exact) mass is 288 g/mol. The van der Waals surface area contributed by atoms with Crippen molar-refractivity contribution in [3.8, 4) is 6.07 Å². The summed E-state index contributed by atoms with van der Waals surface area (Å²) in [7, 11) is 3.94. The zero-order chi connectivity index (χ0) is 15.4. The van der Waals surface area contributed by atoms with E-state index in [1.807, 2.05) is 45.0 Å². The van der Waals surface area contributed by atoms with Gasteiger partial charge in [-0.15, -0.1) is 0 Å². The van der Waals surface area contributed by atoms with E-state index in [0.29, 0.717) is 18.3 Å². The predicted molar refractivity (Wildman–Crippen MR) is 78.9 cm³/mol. The van der Waals surface area contributed by atoms with Crippen LogP contribution in [0.5, 0.6) is 0 Å². The Morgan fingerprint density at radius 1 is 1.43 bits per heavy atom. The van der Waals surface area contributed by atoms with Crippen molar-refractivity contribution in [3.05, 3.63) is 35.7 Å². The van der Waals surface area contributed by atoms with E-state index in [1.165, 1.54) is 0 Å². The molecule has 0 radical (unpaired) electrons. The number of likely N-dealkylation sites (N-methyl/N-ethyl adjacent to an activating group) is 1. The zero-order valence-electron chi connectivity index (χ0n) is 12.8. The number of hydrogen-bond donors (Lipinski definition) is 1. The quantitative estimate of drug-likeness (QED) is 0.880. The first kappa shape index (κ1) is 15.1. The summed E-state index contributed by atoms with van der Waals surface area (Å²) in [4.78, 5) is 6.23. The van der Waals surface area contributed by atoms with Crippen molar-refractivity contribution in [1.82, 2.24) is 9.88 Å². The number of nitrogens with zero attached hydrogens (tertiary/aromatic N) is 3. The first-order valence-electron chi connectivity index (χ1n) is 6.87. The van der Waals surface area contributed by atoms with Crippen LogP contribution in [0.3, 0.4) is 0 Å².